The molecule has 1 aromatic carbocycles. The van der Waals surface area contributed by atoms with E-state index >= 15 is 0 Å². The molecule has 8 heteroatoms. The first-order valence-corrected chi connectivity index (χ1v) is 12.8. The minimum atomic E-state index is -0.222. The van der Waals surface area contributed by atoms with Crippen molar-refractivity contribution in [2.45, 2.75) is 40.2 Å². The van der Waals surface area contributed by atoms with E-state index in [-0.39, 0.29) is 17.6 Å². The van der Waals surface area contributed by atoms with Crippen LogP contribution in [0.25, 0.3) is 6.08 Å². The molecular formula is C29H35N5O3. The number of furan rings is 1. The van der Waals surface area contributed by atoms with E-state index in [4.69, 9.17) is 4.42 Å². The lowest BCUT2D eigenvalue weighted by Gasteiger charge is -2.21. The summed E-state index contributed by atoms with van der Waals surface area (Å²) in [6.07, 6.45) is 6.76. The molecule has 194 valence electrons. The molecule has 0 saturated heterocycles. The van der Waals surface area contributed by atoms with Crippen molar-refractivity contribution in [3.63, 3.8) is 0 Å². The summed E-state index contributed by atoms with van der Waals surface area (Å²) >= 11 is 0. The molecule has 1 aliphatic rings. The van der Waals surface area contributed by atoms with Crippen LogP contribution in [0.2, 0.25) is 0 Å². The van der Waals surface area contributed by atoms with E-state index in [1.165, 1.54) is 6.26 Å². The molecule has 8 nitrogen and oxygen atoms in total. The van der Waals surface area contributed by atoms with Crippen LogP contribution in [0.1, 0.15) is 63.2 Å². The first kappa shape index (κ1) is 26.1. The largest absolute Gasteiger partial charge is 0.459 e. The van der Waals surface area contributed by atoms with Gasteiger partial charge in [-0.05, 0) is 69.9 Å². The first-order valence-electron chi connectivity index (χ1n) is 12.8. The van der Waals surface area contributed by atoms with Crippen molar-refractivity contribution in [3.8, 4) is 0 Å². The molecule has 0 spiro atoms. The fourth-order valence-electron chi connectivity index (χ4n) is 4.72. The van der Waals surface area contributed by atoms with Crippen LogP contribution in [0.5, 0.6) is 0 Å². The second-order valence-electron chi connectivity index (χ2n) is 9.57. The monoisotopic (exact) mass is 501 g/mol. The zero-order valence-electron chi connectivity index (χ0n) is 21.8. The third-order valence-corrected chi connectivity index (χ3v) is 7.02. The Bertz CT molecular complexity index is 1270. The number of aliphatic imine (C=N–C) groups is 1. The molecule has 0 aliphatic heterocycles. The molecule has 1 aliphatic carbocycles. The number of aryl methyl sites for hydroxylation is 1. The van der Waals surface area contributed by atoms with Crippen LogP contribution >= 0.6 is 0 Å². The molecule has 1 fully saturated rings. The highest BCUT2D eigenvalue weighted by Gasteiger charge is 2.37. The number of aromatic nitrogens is 2. The van der Waals surface area contributed by atoms with Crippen LogP contribution in [-0.4, -0.2) is 52.8 Å². The Balaban J connectivity index is 1.27. The van der Waals surface area contributed by atoms with Gasteiger partial charge in [0, 0.05) is 37.1 Å². The number of rotatable bonds is 12. The van der Waals surface area contributed by atoms with Crippen LogP contribution in [0.4, 0.5) is 0 Å². The third-order valence-electron chi connectivity index (χ3n) is 7.02. The summed E-state index contributed by atoms with van der Waals surface area (Å²) in [7, 11) is 0. The Hall–Kier alpha value is -3.94. The maximum Gasteiger partial charge on any atom is 0.287 e. The number of hydrogen-bond acceptors (Lipinski definition) is 5. The highest BCUT2D eigenvalue weighted by atomic mass is 16.3. The molecule has 2 unspecified atom stereocenters. The van der Waals surface area contributed by atoms with E-state index in [1.54, 1.807) is 18.3 Å². The predicted octanol–water partition coefficient (Wildman–Crippen LogP) is 4.73. The molecule has 2 heterocycles. The van der Waals surface area contributed by atoms with Crippen LogP contribution in [-0.2, 0) is 6.54 Å². The SMILES string of the molecule is C=N/C=C\c1coc(C(=O)NCC2CC2CCN(CC)C(=O)c2c(C)nn(Cc3ccccc3)c2C)c1. The van der Waals surface area contributed by atoms with Crippen LogP contribution < -0.4 is 5.32 Å². The van der Waals surface area contributed by atoms with Crippen molar-refractivity contribution in [3.05, 3.63) is 82.7 Å². The van der Waals surface area contributed by atoms with E-state index in [0.29, 0.717) is 43.6 Å². The number of carbonyl (C=O) groups is 2. The predicted molar refractivity (Wildman–Crippen MR) is 145 cm³/mol. The van der Waals surface area contributed by atoms with Crippen molar-refractivity contribution in [1.29, 1.82) is 0 Å². The van der Waals surface area contributed by atoms with Gasteiger partial charge in [0.05, 0.1) is 24.1 Å². The normalized spacial score (nSPS) is 16.6. The van der Waals surface area contributed by atoms with Crippen LogP contribution in [0.15, 0.2) is 58.3 Å². The molecule has 37 heavy (non-hydrogen) atoms. The summed E-state index contributed by atoms with van der Waals surface area (Å²) in [5.74, 6) is 1.02. The molecule has 0 radical (unpaired) electrons. The topological polar surface area (TPSA) is 92.7 Å². The van der Waals surface area contributed by atoms with Gasteiger partial charge in [0.25, 0.3) is 11.8 Å². The van der Waals surface area contributed by atoms with Gasteiger partial charge in [0.2, 0.25) is 0 Å². The number of nitrogens with zero attached hydrogens (tertiary/aromatic N) is 4. The number of amides is 2. The van der Waals surface area contributed by atoms with Gasteiger partial charge in [-0.2, -0.15) is 5.10 Å². The zero-order valence-corrected chi connectivity index (χ0v) is 21.8. The molecule has 2 atom stereocenters. The Morgan fingerprint density at radius 3 is 2.78 bits per heavy atom. The van der Waals surface area contributed by atoms with E-state index in [2.05, 4.69) is 34.3 Å². The van der Waals surface area contributed by atoms with Gasteiger partial charge < -0.3 is 14.6 Å². The summed E-state index contributed by atoms with van der Waals surface area (Å²) in [5.41, 5.74) is 4.28. The quantitative estimate of drug-likeness (QED) is 0.363. The fraction of sp³-hybridized carbons (Fsp3) is 0.379. The van der Waals surface area contributed by atoms with Crippen LogP contribution in [0.3, 0.4) is 0 Å². The van der Waals surface area contributed by atoms with E-state index < -0.39 is 0 Å². The van der Waals surface area contributed by atoms with Crippen molar-refractivity contribution in [1.82, 2.24) is 20.0 Å². The zero-order chi connectivity index (χ0) is 26.4. The van der Waals surface area contributed by atoms with Crippen molar-refractivity contribution in [2.75, 3.05) is 19.6 Å². The van der Waals surface area contributed by atoms with Crippen molar-refractivity contribution < 1.29 is 14.0 Å². The summed E-state index contributed by atoms with van der Waals surface area (Å²) < 4.78 is 7.26. The van der Waals surface area contributed by atoms with Gasteiger partial charge in [-0.15, -0.1) is 0 Å². The van der Waals surface area contributed by atoms with E-state index in [1.807, 2.05) is 48.6 Å². The fourth-order valence-corrected chi connectivity index (χ4v) is 4.72. The molecular weight excluding hydrogens is 466 g/mol. The first-order chi connectivity index (χ1) is 17.9. The molecule has 1 saturated carbocycles. The second kappa shape index (κ2) is 11.9. The lowest BCUT2D eigenvalue weighted by molar-refractivity contribution is 0.0758. The lowest BCUT2D eigenvalue weighted by Crippen LogP contribution is -2.33. The smallest absolute Gasteiger partial charge is 0.287 e. The van der Waals surface area contributed by atoms with Gasteiger partial charge in [0.1, 0.15) is 0 Å². The Morgan fingerprint density at radius 1 is 1.27 bits per heavy atom. The van der Waals surface area contributed by atoms with Crippen molar-refractivity contribution in [2.24, 2.45) is 16.8 Å². The maximum atomic E-state index is 13.4. The molecule has 4 rings (SSSR count). The standard InChI is InChI=1S/C29H35N5O3/c1-5-33(29(36)27-20(2)32-34(21(27)3)18-22-9-7-6-8-10-22)14-12-24-16-25(24)17-31-28(35)26-15-23(19-37-26)11-13-30-4/h6-11,13,15,19,24-25H,4-5,12,14,16-18H2,1-3H3,(H,31,35)/b13-11-. The summed E-state index contributed by atoms with van der Waals surface area (Å²) in [4.78, 5) is 31.4. The third kappa shape index (κ3) is 6.44. The summed E-state index contributed by atoms with van der Waals surface area (Å²) in [6, 6.07) is 11.8. The highest BCUT2D eigenvalue weighted by Crippen LogP contribution is 2.40. The highest BCUT2D eigenvalue weighted by molar-refractivity contribution is 5.96. The Morgan fingerprint density at radius 2 is 2.05 bits per heavy atom. The molecule has 3 aromatic rings. The van der Waals surface area contributed by atoms with Gasteiger partial charge in [0.15, 0.2) is 5.76 Å². The number of carbonyl (C=O) groups excluding carboxylic acids is 2. The minimum absolute atomic E-state index is 0.0386. The summed E-state index contributed by atoms with van der Waals surface area (Å²) in [6.45, 7) is 11.9. The molecule has 1 N–H and O–H groups in total. The van der Waals surface area contributed by atoms with Gasteiger partial charge >= 0.3 is 0 Å². The van der Waals surface area contributed by atoms with Gasteiger partial charge in [-0.1, -0.05) is 30.3 Å². The Kier molecular flexibility index (Phi) is 8.38. The molecule has 2 amide bonds. The van der Waals surface area contributed by atoms with Gasteiger partial charge in [-0.3, -0.25) is 19.3 Å². The van der Waals surface area contributed by atoms with Crippen LogP contribution in [0, 0.1) is 25.7 Å². The second-order valence-corrected chi connectivity index (χ2v) is 9.57. The van der Waals surface area contributed by atoms with E-state index in [9.17, 15) is 9.59 Å². The Labute approximate surface area is 218 Å². The molecule has 2 aromatic heterocycles. The minimum Gasteiger partial charge on any atom is -0.459 e. The molecule has 0 bridgehead atoms. The van der Waals surface area contributed by atoms with Gasteiger partial charge in [-0.25, -0.2) is 0 Å². The van der Waals surface area contributed by atoms with E-state index in [0.717, 1.165) is 35.4 Å². The number of benzene rings is 1. The summed E-state index contributed by atoms with van der Waals surface area (Å²) in [5, 5.41) is 7.62. The average molecular weight is 502 g/mol. The lowest BCUT2D eigenvalue weighted by atomic mass is 10.1. The van der Waals surface area contributed by atoms with Crippen molar-refractivity contribution >= 4 is 24.6 Å². The number of nitrogens with one attached hydrogen (secondary N) is 1. The number of hydrogen-bond donors (Lipinski definition) is 1. The maximum absolute atomic E-state index is 13.4. The average Bonchev–Trinajstić information content (AvgIpc) is 3.36.